The van der Waals surface area contributed by atoms with E-state index in [1.54, 1.807) is 48.9 Å². The topological polar surface area (TPSA) is 94.0 Å². The molecule has 0 bridgehead atoms. The van der Waals surface area contributed by atoms with Crippen molar-refractivity contribution in [3.8, 4) is 22.9 Å². The van der Waals surface area contributed by atoms with Crippen molar-refractivity contribution in [1.82, 2.24) is 29.8 Å². The third-order valence-corrected chi connectivity index (χ3v) is 5.81. The number of pyridine rings is 1. The Labute approximate surface area is 201 Å². The molecule has 0 unspecified atom stereocenters. The highest BCUT2D eigenvalue weighted by Gasteiger charge is 2.31. The van der Waals surface area contributed by atoms with Crippen LogP contribution in [0.2, 0.25) is 0 Å². The molecule has 4 heterocycles. The van der Waals surface area contributed by atoms with Gasteiger partial charge in [-0.05, 0) is 62.6 Å². The number of ether oxygens (including phenoxy) is 1. The quantitative estimate of drug-likeness (QED) is 0.408. The van der Waals surface area contributed by atoms with Crippen LogP contribution in [0.1, 0.15) is 47.2 Å². The van der Waals surface area contributed by atoms with Crippen molar-refractivity contribution in [2.45, 2.75) is 32.2 Å². The van der Waals surface area contributed by atoms with Gasteiger partial charge in [0.25, 0.3) is 5.91 Å². The Balaban J connectivity index is 1.39. The molecule has 9 heteroatoms. The highest BCUT2D eigenvalue weighted by Crippen LogP contribution is 2.32. The number of hydrogen-bond donors (Lipinski definition) is 0. The lowest BCUT2D eigenvalue weighted by Crippen LogP contribution is -2.39. The molecule has 5 rings (SSSR count). The van der Waals surface area contributed by atoms with Crippen LogP contribution in [0, 0.1) is 12.7 Å². The largest absolute Gasteiger partial charge is 0.439 e. The van der Waals surface area contributed by atoms with Crippen molar-refractivity contribution >= 4 is 5.91 Å². The maximum atomic E-state index is 13.5. The lowest BCUT2D eigenvalue weighted by molar-refractivity contribution is 0.0598. The number of rotatable bonds is 5. The summed E-state index contributed by atoms with van der Waals surface area (Å²) in [4.78, 5) is 37.0. The van der Waals surface area contributed by atoms with Gasteiger partial charge in [0, 0.05) is 42.5 Å². The third kappa shape index (κ3) is 5.13. The lowest BCUT2D eigenvalue weighted by Gasteiger charge is -2.35. The predicted octanol–water partition coefficient (Wildman–Crippen LogP) is 4.94. The fourth-order valence-electron chi connectivity index (χ4n) is 4.12. The number of nitrogens with zero attached hydrogens (tertiary/aromatic N) is 6. The maximum Gasteiger partial charge on any atom is 0.256 e. The number of piperidine rings is 1. The number of likely N-dealkylation sites (tertiary alicyclic amines) is 1. The summed E-state index contributed by atoms with van der Waals surface area (Å²) in [6.45, 7) is 2.46. The average molecular weight is 471 g/mol. The van der Waals surface area contributed by atoms with Crippen LogP contribution in [0.25, 0.3) is 11.3 Å². The summed E-state index contributed by atoms with van der Waals surface area (Å²) in [5.74, 6) is 0.897. The van der Waals surface area contributed by atoms with Crippen molar-refractivity contribution in [3.05, 3.63) is 90.3 Å². The summed E-state index contributed by atoms with van der Waals surface area (Å²) in [7, 11) is 0. The van der Waals surface area contributed by atoms with Crippen LogP contribution >= 0.6 is 0 Å². The van der Waals surface area contributed by atoms with Crippen LogP contribution in [-0.2, 0) is 0 Å². The minimum atomic E-state index is -0.340. The van der Waals surface area contributed by atoms with E-state index in [9.17, 15) is 9.18 Å². The average Bonchev–Trinajstić information content (AvgIpc) is 2.90. The van der Waals surface area contributed by atoms with Gasteiger partial charge in [-0.15, -0.1) is 0 Å². The van der Waals surface area contributed by atoms with Gasteiger partial charge >= 0.3 is 0 Å². The highest BCUT2D eigenvalue weighted by molar-refractivity contribution is 5.94. The lowest BCUT2D eigenvalue weighted by atomic mass is 10.00. The summed E-state index contributed by atoms with van der Waals surface area (Å²) in [5, 5.41) is 0. The summed E-state index contributed by atoms with van der Waals surface area (Å²) >= 11 is 0. The second kappa shape index (κ2) is 9.92. The molecule has 1 aliphatic heterocycles. The van der Waals surface area contributed by atoms with Crippen molar-refractivity contribution in [3.63, 3.8) is 0 Å². The van der Waals surface area contributed by atoms with Gasteiger partial charge in [0.2, 0.25) is 5.88 Å². The molecule has 1 aromatic carbocycles. The summed E-state index contributed by atoms with van der Waals surface area (Å²) in [5.41, 5.74) is 2.69. The Morgan fingerprint density at radius 2 is 1.83 bits per heavy atom. The summed E-state index contributed by atoms with van der Waals surface area (Å²) < 4.78 is 19.1. The van der Waals surface area contributed by atoms with E-state index in [4.69, 9.17) is 4.74 Å². The number of amides is 1. The fraction of sp³-hybridized carbons (Fsp3) is 0.231. The zero-order valence-corrected chi connectivity index (χ0v) is 19.1. The smallest absolute Gasteiger partial charge is 0.256 e. The van der Waals surface area contributed by atoms with E-state index >= 15 is 0 Å². The molecule has 1 saturated heterocycles. The Bertz CT molecular complexity index is 1320. The first kappa shape index (κ1) is 22.5. The molecule has 35 heavy (non-hydrogen) atoms. The van der Waals surface area contributed by atoms with Crippen molar-refractivity contribution in [2.24, 2.45) is 0 Å². The van der Waals surface area contributed by atoms with Crippen LogP contribution in [0.4, 0.5) is 4.39 Å². The predicted molar refractivity (Wildman–Crippen MR) is 126 cm³/mol. The molecule has 1 amide bonds. The van der Waals surface area contributed by atoms with Crippen LogP contribution in [-0.4, -0.2) is 42.3 Å². The van der Waals surface area contributed by atoms with Gasteiger partial charge < -0.3 is 9.64 Å². The van der Waals surface area contributed by atoms with Gasteiger partial charge in [-0.25, -0.2) is 19.3 Å². The molecule has 1 atom stereocenters. The zero-order chi connectivity index (χ0) is 24.2. The molecule has 0 N–H and O–H groups in total. The van der Waals surface area contributed by atoms with Gasteiger partial charge in [-0.1, -0.05) is 0 Å². The second-order valence-corrected chi connectivity index (χ2v) is 8.33. The molecule has 3 aromatic heterocycles. The standard InChI is InChI=1S/C26H23FN6O2/c1-17-12-24(35-21-8-6-20(27)7-9-21)32-25(31-17)23-4-2-3-11-33(23)26(34)18-5-10-22(30-15-18)19-13-28-16-29-14-19/h5-10,12-16,23H,2-4,11H2,1H3/t23-/m0/s1. The minimum absolute atomic E-state index is 0.121. The van der Waals surface area contributed by atoms with Crippen LogP contribution in [0.3, 0.4) is 0 Å². The van der Waals surface area contributed by atoms with Gasteiger partial charge in [0.1, 0.15) is 17.9 Å². The molecule has 0 saturated carbocycles. The molecule has 1 aliphatic rings. The highest BCUT2D eigenvalue weighted by atomic mass is 19.1. The molecule has 176 valence electrons. The molecule has 4 aromatic rings. The zero-order valence-electron chi connectivity index (χ0n) is 19.1. The van der Waals surface area contributed by atoms with Crippen molar-refractivity contribution in [1.29, 1.82) is 0 Å². The van der Waals surface area contributed by atoms with Crippen molar-refractivity contribution < 1.29 is 13.9 Å². The number of halogens is 1. The van der Waals surface area contributed by atoms with E-state index in [0.29, 0.717) is 35.3 Å². The molecule has 8 nitrogen and oxygen atoms in total. The van der Waals surface area contributed by atoms with Gasteiger partial charge in [-0.3, -0.25) is 9.78 Å². The fourth-order valence-corrected chi connectivity index (χ4v) is 4.12. The number of aromatic nitrogens is 5. The van der Waals surface area contributed by atoms with Crippen LogP contribution in [0.5, 0.6) is 11.6 Å². The van der Waals surface area contributed by atoms with Gasteiger partial charge in [-0.2, -0.15) is 4.98 Å². The van der Waals surface area contributed by atoms with E-state index in [1.807, 2.05) is 11.8 Å². The van der Waals surface area contributed by atoms with Gasteiger partial charge in [0.15, 0.2) is 5.82 Å². The minimum Gasteiger partial charge on any atom is -0.439 e. The number of hydrogen-bond acceptors (Lipinski definition) is 7. The Hall–Kier alpha value is -4.27. The molecule has 0 spiro atoms. The van der Waals surface area contributed by atoms with E-state index < -0.39 is 0 Å². The van der Waals surface area contributed by atoms with Crippen LogP contribution in [0.15, 0.2) is 67.4 Å². The molecule has 1 fully saturated rings. The SMILES string of the molecule is Cc1cc(Oc2ccc(F)cc2)nc([C@@H]2CCCCN2C(=O)c2ccc(-c3cncnc3)nc2)n1. The number of carbonyl (C=O) groups excluding carboxylic acids is 1. The molecule has 0 aliphatic carbocycles. The summed E-state index contributed by atoms with van der Waals surface area (Å²) in [6, 6.07) is 10.7. The number of aryl methyl sites for hydroxylation is 1. The second-order valence-electron chi connectivity index (χ2n) is 8.33. The van der Waals surface area contributed by atoms with E-state index in [-0.39, 0.29) is 17.8 Å². The number of carbonyl (C=O) groups is 1. The van der Waals surface area contributed by atoms with Crippen molar-refractivity contribution in [2.75, 3.05) is 6.54 Å². The van der Waals surface area contributed by atoms with Gasteiger partial charge in [0.05, 0.1) is 17.3 Å². The first-order valence-corrected chi connectivity index (χ1v) is 11.4. The first-order chi connectivity index (χ1) is 17.1. The molecular weight excluding hydrogens is 447 g/mol. The Kier molecular flexibility index (Phi) is 6.38. The third-order valence-electron chi connectivity index (χ3n) is 5.81. The Morgan fingerprint density at radius 3 is 2.57 bits per heavy atom. The maximum absolute atomic E-state index is 13.5. The molecule has 0 radical (unpaired) electrons. The normalized spacial score (nSPS) is 15.6. The summed E-state index contributed by atoms with van der Waals surface area (Å²) in [6.07, 6.45) is 9.01. The monoisotopic (exact) mass is 470 g/mol. The molecular formula is C26H23FN6O2. The van der Waals surface area contributed by atoms with E-state index in [2.05, 4.69) is 24.9 Å². The van der Waals surface area contributed by atoms with Crippen LogP contribution < -0.4 is 4.74 Å². The Morgan fingerprint density at radius 1 is 1.03 bits per heavy atom. The first-order valence-electron chi connectivity index (χ1n) is 11.4. The number of benzene rings is 1. The van der Waals surface area contributed by atoms with E-state index in [1.165, 1.54) is 18.5 Å². The van der Waals surface area contributed by atoms with E-state index in [0.717, 1.165) is 30.5 Å².